The molecule has 0 aliphatic heterocycles. The average molecular weight is 563 g/mol. The number of carbonyl (C=O) groups excluding carboxylic acids is 1. The van der Waals surface area contributed by atoms with E-state index < -0.39 is 11.9 Å². The summed E-state index contributed by atoms with van der Waals surface area (Å²) < 4.78 is 1.58. The minimum Gasteiger partial charge on any atom is -0.366 e. The van der Waals surface area contributed by atoms with Gasteiger partial charge in [-0.1, -0.05) is 60.1 Å². The molecule has 4 N–H and O–H groups in total. The molecule has 3 heterocycles. The summed E-state index contributed by atoms with van der Waals surface area (Å²) in [6.07, 6.45) is 2.88. The van der Waals surface area contributed by atoms with Crippen molar-refractivity contribution in [1.29, 1.82) is 0 Å². The van der Waals surface area contributed by atoms with E-state index in [1.54, 1.807) is 34.9 Å². The van der Waals surface area contributed by atoms with E-state index in [9.17, 15) is 14.4 Å². The minimum atomic E-state index is -0.559. The quantitative estimate of drug-likeness (QED) is 0.255. The van der Waals surface area contributed by atoms with Crippen molar-refractivity contribution in [3.05, 3.63) is 128 Å². The predicted octanol–water partition coefficient (Wildman–Crippen LogP) is 5.21. The largest absolute Gasteiger partial charge is 0.366 e. The maximum atomic E-state index is 14.4. The maximum absolute atomic E-state index is 14.4. The molecule has 0 saturated carbocycles. The van der Waals surface area contributed by atoms with Gasteiger partial charge in [-0.25, -0.2) is 9.97 Å². The molecule has 6 rings (SSSR count). The molecule has 10 heteroatoms. The Morgan fingerprint density at radius 2 is 1.71 bits per heavy atom. The molecule has 1 unspecified atom stereocenters. The number of primary amides is 1. The van der Waals surface area contributed by atoms with Gasteiger partial charge in [0.2, 0.25) is 5.91 Å². The monoisotopic (exact) mass is 562 g/mol. The van der Waals surface area contributed by atoms with Crippen LogP contribution in [-0.2, 0) is 0 Å². The van der Waals surface area contributed by atoms with Crippen LogP contribution in [-0.4, -0.2) is 25.4 Å². The summed E-state index contributed by atoms with van der Waals surface area (Å²) >= 11 is 7.14. The summed E-state index contributed by atoms with van der Waals surface area (Å²) in [6, 6.07) is 22.3. The normalized spacial score (nSPS) is 12.0. The van der Waals surface area contributed by atoms with E-state index in [-0.39, 0.29) is 11.0 Å². The van der Waals surface area contributed by atoms with Gasteiger partial charge in [0.1, 0.15) is 23.2 Å². The Bertz CT molecular complexity index is 2070. The summed E-state index contributed by atoms with van der Waals surface area (Å²) in [6.45, 7) is 1.85. The third-order valence-electron chi connectivity index (χ3n) is 6.99. The molecule has 1 atom stereocenters. The standard InChI is InChI=1S/C31H23ClN6O3/c1-17(37-30-25-23(39)14-15-34-29(25)35-16-36-30)27-26(32)22-9-5-8-21(18-10-12-19(13-11-18)28(33)40)24(22)31(41)38(27)20-6-3-2-4-7-20/h2-17H,1H3,(H2,33,40)(H2,34,35,36,37,39). The highest BCUT2D eigenvalue weighted by molar-refractivity contribution is 6.36. The Kier molecular flexibility index (Phi) is 6.56. The zero-order valence-electron chi connectivity index (χ0n) is 21.8. The summed E-state index contributed by atoms with van der Waals surface area (Å²) in [5.41, 5.74) is 8.16. The third kappa shape index (κ3) is 4.52. The Balaban J connectivity index is 1.60. The van der Waals surface area contributed by atoms with Crippen molar-refractivity contribution in [3.8, 4) is 16.8 Å². The minimum absolute atomic E-state index is 0.244. The fraction of sp³-hybridized carbons (Fsp3) is 0.0645. The van der Waals surface area contributed by atoms with E-state index in [1.807, 2.05) is 49.4 Å². The number of H-pyrrole nitrogens is 1. The molecular formula is C31H23ClN6O3. The zero-order valence-corrected chi connectivity index (χ0v) is 22.5. The van der Waals surface area contributed by atoms with E-state index in [0.29, 0.717) is 55.2 Å². The van der Waals surface area contributed by atoms with Crippen molar-refractivity contribution in [1.82, 2.24) is 19.5 Å². The number of hydrogen-bond donors (Lipinski definition) is 3. The van der Waals surface area contributed by atoms with Crippen LogP contribution < -0.4 is 22.0 Å². The molecule has 3 aromatic carbocycles. The van der Waals surface area contributed by atoms with Crippen molar-refractivity contribution >= 4 is 45.1 Å². The second-order valence-corrected chi connectivity index (χ2v) is 9.88. The lowest BCUT2D eigenvalue weighted by atomic mass is 9.97. The number of benzene rings is 3. The van der Waals surface area contributed by atoms with Crippen molar-refractivity contribution < 1.29 is 4.79 Å². The predicted molar refractivity (Wildman–Crippen MR) is 161 cm³/mol. The number of aromatic nitrogens is 4. The zero-order chi connectivity index (χ0) is 28.7. The number of nitrogens with one attached hydrogen (secondary N) is 2. The number of fused-ring (bicyclic) bond motifs is 2. The Labute approximate surface area is 238 Å². The third-order valence-corrected chi connectivity index (χ3v) is 7.39. The fourth-order valence-corrected chi connectivity index (χ4v) is 5.49. The van der Waals surface area contributed by atoms with Crippen LogP contribution in [0, 0.1) is 0 Å². The van der Waals surface area contributed by atoms with Gasteiger partial charge < -0.3 is 16.0 Å². The number of pyridine rings is 2. The second-order valence-electron chi connectivity index (χ2n) is 9.50. The molecule has 0 radical (unpaired) electrons. The Hall–Kier alpha value is -5.28. The molecule has 6 aromatic rings. The Morgan fingerprint density at radius 3 is 2.44 bits per heavy atom. The van der Waals surface area contributed by atoms with Crippen LogP contribution in [0.15, 0.2) is 101 Å². The molecule has 41 heavy (non-hydrogen) atoms. The number of amides is 1. The summed E-state index contributed by atoms with van der Waals surface area (Å²) in [5.74, 6) is -0.218. The lowest BCUT2D eigenvalue weighted by Crippen LogP contribution is -2.27. The van der Waals surface area contributed by atoms with Crippen LogP contribution in [0.4, 0.5) is 5.82 Å². The second kappa shape index (κ2) is 10.4. The number of para-hydroxylation sites is 1. The van der Waals surface area contributed by atoms with Crippen LogP contribution in [0.25, 0.3) is 38.6 Å². The van der Waals surface area contributed by atoms with Gasteiger partial charge in [-0.05, 0) is 42.3 Å². The highest BCUT2D eigenvalue weighted by atomic mass is 35.5. The number of nitrogens with two attached hydrogens (primary N) is 1. The summed E-state index contributed by atoms with van der Waals surface area (Å²) in [5, 5.41) is 4.94. The van der Waals surface area contributed by atoms with E-state index >= 15 is 0 Å². The highest BCUT2D eigenvalue weighted by Gasteiger charge is 2.24. The molecule has 0 saturated heterocycles. The number of rotatable bonds is 6. The average Bonchev–Trinajstić information content (AvgIpc) is 2.99. The number of aromatic amines is 1. The molecule has 0 bridgehead atoms. The van der Waals surface area contributed by atoms with Gasteiger partial charge in [0.25, 0.3) is 5.56 Å². The summed E-state index contributed by atoms with van der Waals surface area (Å²) in [7, 11) is 0. The molecule has 1 amide bonds. The van der Waals surface area contributed by atoms with Crippen LogP contribution in [0.2, 0.25) is 5.02 Å². The van der Waals surface area contributed by atoms with Gasteiger partial charge >= 0.3 is 0 Å². The van der Waals surface area contributed by atoms with Gasteiger partial charge in [-0.15, -0.1) is 0 Å². The molecule has 9 nitrogen and oxygen atoms in total. The first-order chi connectivity index (χ1) is 19.8. The first-order valence-corrected chi connectivity index (χ1v) is 13.1. The number of hydrogen-bond acceptors (Lipinski definition) is 6. The first-order valence-electron chi connectivity index (χ1n) is 12.8. The van der Waals surface area contributed by atoms with Gasteiger partial charge in [0.15, 0.2) is 5.43 Å². The van der Waals surface area contributed by atoms with Crippen LogP contribution >= 0.6 is 11.6 Å². The van der Waals surface area contributed by atoms with Gasteiger partial charge in [-0.3, -0.25) is 19.0 Å². The summed E-state index contributed by atoms with van der Waals surface area (Å²) in [4.78, 5) is 50.1. The van der Waals surface area contributed by atoms with E-state index in [4.69, 9.17) is 17.3 Å². The molecule has 0 aliphatic carbocycles. The van der Waals surface area contributed by atoms with Crippen molar-refractivity contribution in [2.75, 3.05) is 5.32 Å². The van der Waals surface area contributed by atoms with Crippen LogP contribution in [0.3, 0.4) is 0 Å². The smallest absolute Gasteiger partial charge is 0.263 e. The van der Waals surface area contributed by atoms with Crippen molar-refractivity contribution in [3.63, 3.8) is 0 Å². The SMILES string of the molecule is CC(Nc1ncnc2[nH]ccc(=O)c12)c1c(Cl)c2cccc(-c3ccc(C(N)=O)cc3)c2c(=O)n1-c1ccccc1. The number of anilines is 1. The van der Waals surface area contributed by atoms with Gasteiger partial charge in [0, 0.05) is 28.9 Å². The molecule has 0 spiro atoms. The molecule has 3 aromatic heterocycles. The topological polar surface area (TPSA) is 136 Å². The van der Waals surface area contributed by atoms with Crippen molar-refractivity contribution in [2.45, 2.75) is 13.0 Å². The number of nitrogens with zero attached hydrogens (tertiary/aromatic N) is 3. The van der Waals surface area contributed by atoms with Gasteiger partial charge in [-0.2, -0.15) is 0 Å². The van der Waals surface area contributed by atoms with E-state index in [0.717, 1.165) is 5.56 Å². The van der Waals surface area contributed by atoms with Crippen LogP contribution in [0.5, 0.6) is 0 Å². The maximum Gasteiger partial charge on any atom is 0.263 e. The number of carbonyl (C=O) groups is 1. The molecule has 0 fully saturated rings. The Morgan fingerprint density at radius 1 is 0.951 bits per heavy atom. The molecule has 0 aliphatic rings. The first kappa shape index (κ1) is 26.0. The number of halogens is 1. The molecular weight excluding hydrogens is 540 g/mol. The van der Waals surface area contributed by atoms with Crippen LogP contribution in [0.1, 0.15) is 29.0 Å². The van der Waals surface area contributed by atoms with Crippen molar-refractivity contribution in [2.24, 2.45) is 5.73 Å². The fourth-order valence-electron chi connectivity index (χ4n) is 5.09. The molecule has 202 valence electrons. The highest BCUT2D eigenvalue weighted by Crippen LogP contribution is 2.36. The van der Waals surface area contributed by atoms with E-state index in [2.05, 4.69) is 20.3 Å². The van der Waals surface area contributed by atoms with E-state index in [1.165, 1.54) is 18.6 Å². The van der Waals surface area contributed by atoms with Gasteiger partial charge in [0.05, 0.1) is 22.1 Å². The lowest BCUT2D eigenvalue weighted by molar-refractivity contribution is 0.100. The lowest BCUT2D eigenvalue weighted by Gasteiger charge is -2.24.